The van der Waals surface area contributed by atoms with Gasteiger partial charge in [-0.2, -0.15) is 0 Å². The smallest absolute Gasteiger partial charge is 0.305 e. The van der Waals surface area contributed by atoms with E-state index >= 15 is 0 Å². The third-order valence-electron chi connectivity index (χ3n) is 2.73. The fourth-order valence-electron chi connectivity index (χ4n) is 1.59. The van der Waals surface area contributed by atoms with E-state index < -0.39 is 24.6 Å². The number of hydrogen-bond donors (Lipinski definition) is 1. The number of halogens is 3. The second-order valence-corrected chi connectivity index (χ2v) is 5.24. The minimum atomic E-state index is -0.787. The summed E-state index contributed by atoms with van der Waals surface area (Å²) in [5, 5.41) is 3.15. The van der Waals surface area contributed by atoms with Crippen molar-refractivity contribution in [3.63, 3.8) is 0 Å². The normalized spacial score (nSPS) is 11.6. The van der Waals surface area contributed by atoms with Crippen LogP contribution in [0.4, 0.5) is 4.39 Å². The van der Waals surface area contributed by atoms with Gasteiger partial charge in [-0.1, -0.05) is 23.2 Å². The Morgan fingerprint density at radius 2 is 2.09 bits per heavy atom. The molecule has 5 nitrogen and oxygen atoms in total. The number of alkyl halides is 1. The van der Waals surface area contributed by atoms with Crippen molar-refractivity contribution in [1.82, 2.24) is 5.32 Å². The summed E-state index contributed by atoms with van der Waals surface area (Å²) in [6.07, 6.45) is 0.172. The highest BCUT2D eigenvalue weighted by molar-refractivity contribution is 6.35. The van der Waals surface area contributed by atoms with Crippen LogP contribution < -0.4 is 10.1 Å². The molecule has 1 aromatic rings. The van der Waals surface area contributed by atoms with Crippen LogP contribution in [0.1, 0.15) is 12.8 Å². The number of methoxy groups -OCH3 is 1. The van der Waals surface area contributed by atoms with Gasteiger partial charge in [-0.15, -0.1) is 0 Å². The van der Waals surface area contributed by atoms with E-state index in [0.717, 1.165) is 0 Å². The number of carbonyl (C=O) groups excluding carboxylic acids is 2. The molecule has 0 saturated carbocycles. The van der Waals surface area contributed by atoms with Crippen molar-refractivity contribution in [2.75, 3.05) is 20.4 Å². The summed E-state index contributed by atoms with van der Waals surface area (Å²) in [5.41, 5.74) is 0. The minimum absolute atomic E-state index is 0.0231. The Morgan fingerprint density at radius 3 is 2.68 bits per heavy atom. The van der Waals surface area contributed by atoms with E-state index in [-0.39, 0.29) is 24.5 Å². The molecule has 0 aliphatic rings. The third-order valence-corrected chi connectivity index (χ3v) is 3.26. The molecular weight excluding hydrogens is 336 g/mol. The molecule has 1 N–H and O–H groups in total. The molecule has 0 saturated heterocycles. The molecule has 0 heterocycles. The Balaban J connectivity index is 2.42. The monoisotopic (exact) mass is 351 g/mol. The number of benzene rings is 1. The minimum Gasteiger partial charge on any atom is -0.482 e. The second-order valence-electron chi connectivity index (χ2n) is 4.40. The number of nitrogens with one attached hydrogen (secondary N) is 1. The molecule has 0 bridgehead atoms. The van der Waals surface area contributed by atoms with Crippen molar-refractivity contribution in [1.29, 1.82) is 0 Å². The van der Waals surface area contributed by atoms with Crippen molar-refractivity contribution >= 4 is 35.1 Å². The summed E-state index contributed by atoms with van der Waals surface area (Å²) in [4.78, 5) is 22.7. The highest BCUT2D eigenvalue weighted by Gasteiger charge is 2.15. The fourth-order valence-corrected chi connectivity index (χ4v) is 2.05. The quantitative estimate of drug-likeness (QED) is 0.731. The lowest BCUT2D eigenvalue weighted by Gasteiger charge is -2.15. The Hall–Kier alpha value is -1.53. The number of hydrogen-bond acceptors (Lipinski definition) is 4. The lowest BCUT2D eigenvalue weighted by molar-refractivity contribution is -0.141. The van der Waals surface area contributed by atoms with Crippen LogP contribution >= 0.6 is 23.2 Å². The van der Waals surface area contributed by atoms with E-state index in [0.29, 0.717) is 10.8 Å². The maximum absolute atomic E-state index is 12.8. The first-order valence-electron chi connectivity index (χ1n) is 6.46. The van der Waals surface area contributed by atoms with Crippen LogP contribution in [0.5, 0.6) is 5.75 Å². The van der Waals surface area contributed by atoms with E-state index in [1.165, 1.54) is 19.2 Å². The van der Waals surface area contributed by atoms with E-state index in [2.05, 4.69) is 10.1 Å². The van der Waals surface area contributed by atoms with Gasteiger partial charge in [-0.05, 0) is 24.6 Å². The standard InChI is InChI=1S/C14H16Cl2FNO4/c1-21-14(20)5-3-10(7-17)18-13(19)8-22-12-4-2-9(15)6-11(12)16/h2,4,6,10H,3,5,7-8H2,1H3,(H,18,19)/t10-/m0/s1. The molecular formula is C14H16Cl2FNO4. The zero-order valence-electron chi connectivity index (χ0n) is 11.9. The van der Waals surface area contributed by atoms with E-state index in [1.807, 2.05) is 0 Å². The average Bonchev–Trinajstić information content (AvgIpc) is 2.50. The highest BCUT2D eigenvalue weighted by atomic mass is 35.5. The Morgan fingerprint density at radius 1 is 1.36 bits per heavy atom. The third kappa shape index (κ3) is 6.49. The lowest BCUT2D eigenvalue weighted by Crippen LogP contribution is -2.39. The molecule has 1 rings (SSSR count). The van der Waals surface area contributed by atoms with Crippen LogP contribution in [0.15, 0.2) is 18.2 Å². The van der Waals surface area contributed by atoms with Gasteiger partial charge in [0, 0.05) is 11.4 Å². The SMILES string of the molecule is COC(=O)CC[C@@H](CF)NC(=O)COc1ccc(Cl)cc1Cl. The molecule has 0 fully saturated rings. The van der Waals surface area contributed by atoms with Gasteiger partial charge in [0.1, 0.15) is 12.4 Å². The lowest BCUT2D eigenvalue weighted by atomic mass is 10.2. The molecule has 0 radical (unpaired) electrons. The van der Waals surface area contributed by atoms with Crippen molar-refractivity contribution in [2.24, 2.45) is 0 Å². The van der Waals surface area contributed by atoms with Gasteiger partial charge in [0.15, 0.2) is 6.61 Å². The number of carbonyl (C=O) groups is 2. The average molecular weight is 352 g/mol. The van der Waals surface area contributed by atoms with Gasteiger partial charge in [-0.3, -0.25) is 9.59 Å². The van der Waals surface area contributed by atoms with Crippen LogP contribution in [0.3, 0.4) is 0 Å². The predicted molar refractivity (Wildman–Crippen MR) is 81.1 cm³/mol. The first-order chi connectivity index (χ1) is 10.5. The molecule has 0 aliphatic heterocycles. The van der Waals surface area contributed by atoms with E-state index in [4.69, 9.17) is 27.9 Å². The molecule has 1 atom stereocenters. The van der Waals surface area contributed by atoms with Gasteiger partial charge in [0.05, 0.1) is 18.2 Å². The maximum atomic E-state index is 12.8. The van der Waals surface area contributed by atoms with Gasteiger partial charge in [0.2, 0.25) is 0 Å². The molecule has 1 aromatic carbocycles. The molecule has 8 heteroatoms. The fraction of sp³-hybridized carbons (Fsp3) is 0.429. The summed E-state index contributed by atoms with van der Waals surface area (Å²) in [7, 11) is 1.25. The first kappa shape index (κ1) is 18.5. The van der Waals surface area contributed by atoms with Crippen LogP contribution in [0.2, 0.25) is 10.0 Å². The Labute approximate surface area is 137 Å². The Bertz CT molecular complexity index is 528. The molecule has 0 aromatic heterocycles. The number of rotatable bonds is 8. The molecule has 0 unspecified atom stereocenters. The molecule has 0 spiro atoms. The molecule has 22 heavy (non-hydrogen) atoms. The summed E-state index contributed by atoms with van der Waals surface area (Å²) in [6, 6.07) is 3.82. The van der Waals surface area contributed by atoms with Crippen LogP contribution in [-0.4, -0.2) is 38.3 Å². The van der Waals surface area contributed by atoms with Crippen LogP contribution in [0.25, 0.3) is 0 Å². The summed E-state index contributed by atoms with van der Waals surface area (Å²) >= 11 is 11.6. The zero-order valence-corrected chi connectivity index (χ0v) is 13.4. The van der Waals surface area contributed by atoms with Crippen LogP contribution in [0, 0.1) is 0 Å². The van der Waals surface area contributed by atoms with Crippen molar-refractivity contribution in [2.45, 2.75) is 18.9 Å². The number of amides is 1. The number of ether oxygens (including phenoxy) is 2. The largest absolute Gasteiger partial charge is 0.482 e. The molecule has 0 aliphatic carbocycles. The Kier molecular flexibility index (Phi) is 7.98. The maximum Gasteiger partial charge on any atom is 0.305 e. The van der Waals surface area contributed by atoms with E-state index in [9.17, 15) is 14.0 Å². The van der Waals surface area contributed by atoms with Crippen molar-refractivity contribution < 1.29 is 23.5 Å². The first-order valence-corrected chi connectivity index (χ1v) is 7.21. The summed E-state index contributed by atoms with van der Waals surface area (Å²) < 4.78 is 22.5. The van der Waals surface area contributed by atoms with E-state index in [1.54, 1.807) is 6.07 Å². The summed E-state index contributed by atoms with van der Waals surface area (Å²) in [6.45, 7) is -1.11. The van der Waals surface area contributed by atoms with Crippen LogP contribution in [-0.2, 0) is 14.3 Å². The molecule has 1 amide bonds. The van der Waals surface area contributed by atoms with Crippen molar-refractivity contribution in [3.8, 4) is 5.75 Å². The van der Waals surface area contributed by atoms with Gasteiger partial charge in [0.25, 0.3) is 5.91 Å². The van der Waals surface area contributed by atoms with Gasteiger partial charge >= 0.3 is 5.97 Å². The van der Waals surface area contributed by atoms with Gasteiger partial charge < -0.3 is 14.8 Å². The zero-order chi connectivity index (χ0) is 16.5. The second kappa shape index (κ2) is 9.48. The number of esters is 1. The topological polar surface area (TPSA) is 64.6 Å². The van der Waals surface area contributed by atoms with Crippen molar-refractivity contribution in [3.05, 3.63) is 28.2 Å². The summed E-state index contributed by atoms with van der Waals surface area (Å²) in [5.74, 6) is -0.678. The van der Waals surface area contributed by atoms with Gasteiger partial charge in [-0.25, -0.2) is 4.39 Å². The highest BCUT2D eigenvalue weighted by Crippen LogP contribution is 2.27. The predicted octanol–water partition coefficient (Wildman–Crippen LogP) is 2.78. The molecule has 122 valence electrons.